The minimum atomic E-state index is -4.31. The first kappa shape index (κ1) is 30.6. The van der Waals surface area contributed by atoms with Gasteiger partial charge in [-0.25, -0.2) is 18.6 Å². The number of hydrogen-bond donors (Lipinski definition) is 3. The predicted molar refractivity (Wildman–Crippen MR) is 153 cm³/mol. The molecule has 2 aromatic rings. The van der Waals surface area contributed by atoms with E-state index in [-0.39, 0.29) is 29.7 Å². The zero-order chi connectivity index (χ0) is 29.6. The Labute approximate surface area is 239 Å². The summed E-state index contributed by atoms with van der Waals surface area (Å²) in [6, 6.07) is 10.0. The lowest BCUT2D eigenvalue weighted by atomic mass is 9.79. The average molecular weight is 588 g/mol. The van der Waals surface area contributed by atoms with E-state index in [1.54, 1.807) is 45.2 Å². The summed E-state index contributed by atoms with van der Waals surface area (Å²) in [5, 5.41) is 8.40. The second kappa shape index (κ2) is 13.1. The fourth-order valence-corrected chi connectivity index (χ4v) is 6.79. The lowest BCUT2D eigenvalue weighted by Gasteiger charge is -2.40. The molecule has 4 rings (SSSR count). The third-order valence-corrected chi connectivity index (χ3v) is 9.02. The van der Waals surface area contributed by atoms with Crippen LogP contribution in [0.4, 0.5) is 4.79 Å². The number of rotatable bonds is 12. The third-order valence-electron chi connectivity index (χ3n) is 7.54. The van der Waals surface area contributed by atoms with Crippen molar-refractivity contribution in [3.8, 4) is 0 Å². The fraction of sp³-hybridized carbons (Fsp3) is 0.500. The summed E-state index contributed by atoms with van der Waals surface area (Å²) in [4.78, 5) is 39.6. The van der Waals surface area contributed by atoms with Crippen molar-refractivity contribution in [3.63, 3.8) is 0 Å². The number of nitrogens with zero attached hydrogens (tertiary/aromatic N) is 2. The van der Waals surface area contributed by atoms with E-state index in [1.807, 2.05) is 0 Å². The highest BCUT2D eigenvalue weighted by atomic mass is 32.2. The van der Waals surface area contributed by atoms with Crippen molar-refractivity contribution in [1.82, 2.24) is 20.4 Å². The first-order chi connectivity index (χ1) is 19.7. The summed E-state index contributed by atoms with van der Waals surface area (Å²) >= 11 is 0. The molecule has 2 unspecified atom stereocenters. The summed E-state index contributed by atoms with van der Waals surface area (Å²) in [7, 11) is -2.70. The van der Waals surface area contributed by atoms with Crippen molar-refractivity contribution < 1.29 is 32.3 Å². The smallest absolute Gasteiger partial charge is 0.427 e. The Morgan fingerprint density at radius 3 is 2.66 bits per heavy atom. The number of hydrazone groups is 1. The van der Waals surface area contributed by atoms with Crippen LogP contribution in [0.5, 0.6) is 0 Å². The molecule has 1 aliphatic carbocycles. The molecule has 13 heteroatoms. The van der Waals surface area contributed by atoms with Crippen molar-refractivity contribution >= 4 is 45.3 Å². The number of aldehydes is 1. The standard InChI is InChI=1S/C28H37N5O7S/c1-4-24(26(35)33(3)25-17-29-12-13-40-25)28(18-34,21-10-11-21)32-41(37,38)22-14-19-8-6-7-9-23(19)20(15-22)16-30-31-27(36)39-5-2/h6-9,14-16,18,21,24-25,29,32H,4-5,10-13,17H2,1-3H3,(H,31,36)/t24?,25-,28?/m0/s1. The predicted octanol–water partition coefficient (Wildman–Crippen LogP) is 1.98. The molecule has 0 bridgehead atoms. The van der Waals surface area contributed by atoms with Crippen LogP contribution in [0, 0.1) is 11.8 Å². The molecular formula is C28H37N5O7S. The molecule has 1 saturated carbocycles. The molecule has 2 fully saturated rings. The van der Waals surface area contributed by atoms with Gasteiger partial charge in [0.05, 0.1) is 30.2 Å². The van der Waals surface area contributed by atoms with E-state index in [9.17, 15) is 22.8 Å². The Kier molecular flexibility index (Phi) is 9.74. The molecule has 12 nitrogen and oxygen atoms in total. The van der Waals surface area contributed by atoms with Gasteiger partial charge in [-0.3, -0.25) is 4.79 Å². The van der Waals surface area contributed by atoms with Crippen molar-refractivity contribution in [1.29, 1.82) is 0 Å². The van der Waals surface area contributed by atoms with E-state index >= 15 is 0 Å². The first-order valence-corrected chi connectivity index (χ1v) is 15.2. The van der Waals surface area contributed by atoms with Crippen molar-refractivity contribution in [2.24, 2.45) is 16.9 Å². The van der Waals surface area contributed by atoms with Gasteiger partial charge < -0.3 is 24.5 Å². The number of amides is 2. The van der Waals surface area contributed by atoms with Crippen LogP contribution in [0.1, 0.15) is 38.7 Å². The maximum absolute atomic E-state index is 14.0. The van der Waals surface area contributed by atoms with E-state index in [4.69, 9.17) is 9.47 Å². The van der Waals surface area contributed by atoms with Crippen molar-refractivity contribution in [3.05, 3.63) is 42.0 Å². The Hall–Kier alpha value is -3.39. The molecule has 1 saturated heterocycles. The first-order valence-electron chi connectivity index (χ1n) is 13.7. The quantitative estimate of drug-likeness (QED) is 0.193. The van der Waals surface area contributed by atoms with E-state index in [1.165, 1.54) is 23.2 Å². The maximum atomic E-state index is 14.0. The molecule has 1 heterocycles. The second-order valence-corrected chi connectivity index (χ2v) is 11.9. The Bertz CT molecular complexity index is 1410. The van der Waals surface area contributed by atoms with Gasteiger partial charge in [-0.05, 0) is 55.0 Å². The van der Waals surface area contributed by atoms with Crippen LogP contribution >= 0.6 is 0 Å². The van der Waals surface area contributed by atoms with Crippen molar-refractivity contribution in [2.45, 2.75) is 49.8 Å². The van der Waals surface area contributed by atoms with E-state index in [0.717, 1.165) is 0 Å². The highest BCUT2D eigenvalue weighted by Gasteiger charge is 2.55. The number of morpholine rings is 1. The van der Waals surface area contributed by atoms with Gasteiger partial charge in [-0.15, -0.1) is 0 Å². The minimum absolute atomic E-state index is 0.101. The van der Waals surface area contributed by atoms with E-state index < -0.39 is 33.8 Å². The number of nitrogens with one attached hydrogen (secondary N) is 3. The van der Waals surface area contributed by atoms with Gasteiger partial charge in [0.1, 0.15) is 18.1 Å². The van der Waals surface area contributed by atoms with Crippen LogP contribution in [-0.2, 0) is 29.1 Å². The van der Waals surface area contributed by atoms with Crippen LogP contribution < -0.4 is 15.5 Å². The van der Waals surface area contributed by atoms with Gasteiger partial charge in [-0.1, -0.05) is 31.2 Å². The fourth-order valence-electron chi connectivity index (χ4n) is 5.29. The molecule has 1 aliphatic heterocycles. The number of benzene rings is 2. The normalized spacial score (nSPS) is 19.8. The molecule has 2 aliphatic rings. The highest BCUT2D eigenvalue weighted by molar-refractivity contribution is 7.89. The van der Waals surface area contributed by atoms with Gasteiger partial charge in [0, 0.05) is 25.7 Å². The second-order valence-electron chi connectivity index (χ2n) is 10.2. The number of fused-ring (bicyclic) bond motifs is 1. The maximum Gasteiger partial charge on any atom is 0.427 e. The SMILES string of the molecule is CCOC(=O)NN=Cc1cc(S(=O)(=O)NC(C=O)(C2CC2)C(CC)C(=O)N(C)[C@@H]2CNCCO2)cc2ccccc12. The molecule has 2 amide bonds. The molecule has 0 spiro atoms. The van der Waals surface area contributed by atoms with Gasteiger partial charge in [0.25, 0.3) is 0 Å². The number of hydrogen-bond acceptors (Lipinski definition) is 9. The summed E-state index contributed by atoms with van der Waals surface area (Å²) in [5.74, 6) is -1.62. The number of carbonyl (C=O) groups is 3. The largest absolute Gasteiger partial charge is 0.449 e. The van der Waals surface area contributed by atoms with Crippen LogP contribution in [0.3, 0.4) is 0 Å². The van der Waals surface area contributed by atoms with Gasteiger partial charge >= 0.3 is 6.09 Å². The van der Waals surface area contributed by atoms with Gasteiger partial charge in [0.2, 0.25) is 15.9 Å². The number of sulfonamides is 1. The summed E-state index contributed by atoms with van der Waals surface area (Å²) < 4.78 is 41.1. The highest BCUT2D eigenvalue weighted by Crippen LogP contribution is 2.45. The lowest BCUT2D eigenvalue weighted by molar-refractivity contribution is -0.154. The molecule has 2 aromatic carbocycles. The summed E-state index contributed by atoms with van der Waals surface area (Å²) in [6.07, 6.45) is 2.14. The average Bonchev–Trinajstić information content (AvgIpc) is 3.83. The van der Waals surface area contributed by atoms with Gasteiger partial charge in [-0.2, -0.15) is 9.82 Å². The Balaban J connectivity index is 1.69. The molecular weight excluding hydrogens is 550 g/mol. The van der Waals surface area contributed by atoms with Gasteiger partial charge in [0.15, 0.2) is 0 Å². The lowest BCUT2D eigenvalue weighted by Crippen LogP contribution is -2.62. The Morgan fingerprint density at radius 1 is 1.27 bits per heavy atom. The summed E-state index contributed by atoms with van der Waals surface area (Å²) in [5.41, 5.74) is 1.03. The van der Waals surface area contributed by atoms with E-state index in [2.05, 4.69) is 20.6 Å². The zero-order valence-corrected chi connectivity index (χ0v) is 24.3. The summed E-state index contributed by atoms with van der Waals surface area (Å²) in [6.45, 7) is 5.16. The number of carbonyl (C=O) groups excluding carboxylic acids is 3. The number of likely N-dealkylation sites (N-methyl/N-ethyl adjacent to an activating group) is 1. The minimum Gasteiger partial charge on any atom is -0.449 e. The monoisotopic (exact) mass is 587 g/mol. The molecule has 222 valence electrons. The van der Waals surface area contributed by atoms with Crippen molar-refractivity contribution in [2.75, 3.05) is 33.4 Å². The molecule has 0 radical (unpaired) electrons. The molecule has 3 N–H and O–H groups in total. The van der Waals surface area contributed by atoms with Crippen LogP contribution in [0.15, 0.2) is 46.4 Å². The third kappa shape index (κ3) is 6.75. The Morgan fingerprint density at radius 2 is 2.02 bits per heavy atom. The van der Waals surface area contributed by atoms with E-state index in [0.29, 0.717) is 55.2 Å². The molecule has 41 heavy (non-hydrogen) atoms. The topological polar surface area (TPSA) is 155 Å². The molecule has 3 atom stereocenters. The zero-order valence-electron chi connectivity index (χ0n) is 23.5. The van der Waals surface area contributed by atoms with Crippen LogP contribution in [0.2, 0.25) is 0 Å². The van der Waals surface area contributed by atoms with Crippen LogP contribution in [0.25, 0.3) is 10.8 Å². The molecule has 0 aromatic heterocycles. The van der Waals surface area contributed by atoms with Crippen LogP contribution in [-0.4, -0.2) is 82.9 Å². The number of ether oxygens (including phenoxy) is 2.